The molecule has 0 saturated heterocycles. The van der Waals surface area contributed by atoms with Crippen LogP contribution in [-0.4, -0.2) is 24.9 Å². The van der Waals surface area contributed by atoms with Gasteiger partial charge in [-0.05, 0) is 41.1 Å². The van der Waals surface area contributed by atoms with Gasteiger partial charge < -0.3 is 16.4 Å². The zero-order valence-corrected chi connectivity index (χ0v) is 11.0. The molecule has 4 N–H and O–H groups in total. The number of anilines is 1. The average Bonchev–Trinajstić information content (AvgIpc) is 2.29. The van der Waals surface area contributed by atoms with Gasteiger partial charge in [0, 0.05) is 16.7 Å². The van der Waals surface area contributed by atoms with Gasteiger partial charge in [-0.2, -0.15) is 0 Å². The number of nitrogens with one attached hydrogen (secondary N) is 2. The molecule has 0 aromatic heterocycles. The van der Waals surface area contributed by atoms with Crippen LogP contribution in [0.5, 0.6) is 0 Å². The molecule has 0 radical (unpaired) electrons. The van der Waals surface area contributed by atoms with Gasteiger partial charge in [-0.1, -0.05) is 0 Å². The van der Waals surface area contributed by atoms with Gasteiger partial charge in [-0.15, -0.1) is 0 Å². The molecule has 0 heterocycles. The van der Waals surface area contributed by atoms with Gasteiger partial charge in [0.15, 0.2) is 0 Å². The number of hydrogen-bond acceptors (Lipinski definition) is 3. The normalized spacial score (nSPS) is 9.76. The number of halogens is 1. The Hall–Kier alpha value is -1.56. The van der Waals surface area contributed by atoms with Crippen LogP contribution in [0, 0.1) is 0 Å². The predicted molar refractivity (Wildman–Crippen MR) is 69.6 cm³/mol. The number of amides is 2. The van der Waals surface area contributed by atoms with Gasteiger partial charge >= 0.3 is 0 Å². The Labute approximate surface area is 108 Å². The molecule has 5 nitrogen and oxygen atoms in total. The maximum Gasteiger partial charge on any atom is 0.252 e. The van der Waals surface area contributed by atoms with E-state index in [4.69, 9.17) is 5.73 Å². The van der Waals surface area contributed by atoms with Gasteiger partial charge in [0.2, 0.25) is 5.91 Å². The Balaban J connectivity index is 2.64. The van der Waals surface area contributed by atoms with E-state index in [2.05, 4.69) is 26.6 Å². The number of nitrogen functional groups attached to an aromatic ring is 1. The van der Waals surface area contributed by atoms with Gasteiger partial charge in [0.25, 0.3) is 5.91 Å². The molecule has 0 saturated carbocycles. The minimum atomic E-state index is -0.338. The van der Waals surface area contributed by atoms with Gasteiger partial charge in [0.1, 0.15) is 0 Å². The standard InChI is InChI=1S/C11H14BrN3O2/c1-2-14-10(16)6-15-11(17)8-5-7(13)3-4-9(8)12/h3-5H,2,6,13H2,1H3,(H,14,16)(H,15,17). The molecule has 0 spiro atoms. The van der Waals surface area contributed by atoms with E-state index in [1.807, 2.05) is 6.92 Å². The second-order valence-corrected chi connectivity index (χ2v) is 4.23. The zero-order valence-electron chi connectivity index (χ0n) is 9.42. The lowest BCUT2D eigenvalue weighted by Gasteiger charge is -2.07. The van der Waals surface area contributed by atoms with E-state index in [1.54, 1.807) is 18.2 Å². The van der Waals surface area contributed by atoms with Crippen LogP contribution in [-0.2, 0) is 4.79 Å². The summed E-state index contributed by atoms with van der Waals surface area (Å²) in [6.07, 6.45) is 0. The van der Waals surface area contributed by atoms with E-state index in [-0.39, 0.29) is 18.4 Å². The molecule has 0 aliphatic carbocycles. The fourth-order valence-electron chi connectivity index (χ4n) is 1.23. The topological polar surface area (TPSA) is 84.2 Å². The van der Waals surface area contributed by atoms with Crippen molar-refractivity contribution in [2.75, 3.05) is 18.8 Å². The van der Waals surface area contributed by atoms with Crippen molar-refractivity contribution in [2.24, 2.45) is 0 Å². The van der Waals surface area contributed by atoms with Crippen molar-refractivity contribution < 1.29 is 9.59 Å². The first-order chi connectivity index (χ1) is 8.04. The van der Waals surface area contributed by atoms with Crippen LogP contribution in [0.2, 0.25) is 0 Å². The van der Waals surface area contributed by atoms with Gasteiger partial charge in [-0.3, -0.25) is 9.59 Å². The van der Waals surface area contributed by atoms with E-state index in [1.165, 1.54) is 0 Å². The summed E-state index contributed by atoms with van der Waals surface area (Å²) >= 11 is 3.25. The van der Waals surface area contributed by atoms with E-state index in [0.717, 1.165) is 0 Å². The summed E-state index contributed by atoms with van der Waals surface area (Å²) in [4.78, 5) is 22.9. The summed E-state index contributed by atoms with van der Waals surface area (Å²) < 4.78 is 0.639. The number of rotatable bonds is 4. The summed E-state index contributed by atoms with van der Waals surface area (Å²) in [6, 6.07) is 4.93. The van der Waals surface area contributed by atoms with Crippen molar-refractivity contribution >= 4 is 33.4 Å². The molecule has 0 aliphatic rings. The summed E-state index contributed by atoms with van der Waals surface area (Å²) in [5.74, 6) is -0.559. The van der Waals surface area contributed by atoms with Crippen LogP contribution in [0.4, 0.5) is 5.69 Å². The second kappa shape index (κ2) is 6.24. The molecule has 92 valence electrons. The fraction of sp³-hybridized carbons (Fsp3) is 0.273. The van der Waals surface area contributed by atoms with Gasteiger partial charge in [0.05, 0.1) is 12.1 Å². The minimum Gasteiger partial charge on any atom is -0.399 e. The highest BCUT2D eigenvalue weighted by Crippen LogP contribution is 2.19. The van der Waals surface area contributed by atoms with Crippen molar-refractivity contribution in [3.8, 4) is 0 Å². The SMILES string of the molecule is CCNC(=O)CNC(=O)c1cc(N)ccc1Br. The molecule has 1 aromatic rings. The molecule has 1 aromatic carbocycles. The number of carbonyl (C=O) groups is 2. The zero-order chi connectivity index (χ0) is 12.8. The first-order valence-electron chi connectivity index (χ1n) is 5.14. The van der Waals surface area contributed by atoms with Crippen LogP contribution in [0.3, 0.4) is 0 Å². The molecule has 0 fully saturated rings. The number of carbonyl (C=O) groups excluding carboxylic acids is 2. The summed E-state index contributed by atoms with van der Waals surface area (Å²) in [7, 11) is 0. The number of hydrogen-bond donors (Lipinski definition) is 3. The van der Waals surface area contributed by atoms with Crippen molar-refractivity contribution in [2.45, 2.75) is 6.92 Å². The number of benzene rings is 1. The number of nitrogens with two attached hydrogens (primary N) is 1. The van der Waals surface area contributed by atoms with E-state index in [9.17, 15) is 9.59 Å². The maximum atomic E-state index is 11.7. The van der Waals surface area contributed by atoms with E-state index in [0.29, 0.717) is 22.3 Å². The van der Waals surface area contributed by atoms with Crippen LogP contribution < -0.4 is 16.4 Å². The monoisotopic (exact) mass is 299 g/mol. The van der Waals surface area contributed by atoms with Crippen molar-refractivity contribution in [1.29, 1.82) is 0 Å². The largest absolute Gasteiger partial charge is 0.399 e. The smallest absolute Gasteiger partial charge is 0.252 e. The molecular weight excluding hydrogens is 286 g/mol. The first kappa shape index (κ1) is 13.5. The summed E-state index contributed by atoms with van der Waals surface area (Å²) in [5, 5.41) is 5.10. The molecule has 1 rings (SSSR count). The second-order valence-electron chi connectivity index (χ2n) is 3.38. The predicted octanol–water partition coefficient (Wildman–Crippen LogP) is 0.897. The van der Waals surface area contributed by atoms with Crippen LogP contribution in [0.1, 0.15) is 17.3 Å². The lowest BCUT2D eigenvalue weighted by atomic mass is 10.2. The molecule has 2 amide bonds. The number of likely N-dealkylation sites (N-methyl/N-ethyl adjacent to an activating group) is 1. The minimum absolute atomic E-state index is 0.0477. The van der Waals surface area contributed by atoms with Crippen LogP contribution in [0.15, 0.2) is 22.7 Å². The molecular formula is C11H14BrN3O2. The van der Waals surface area contributed by atoms with Crippen molar-refractivity contribution in [1.82, 2.24) is 10.6 Å². The summed E-state index contributed by atoms with van der Waals surface area (Å²) in [6.45, 7) is 2.30. The third kappa shape index (κ3) is 4.07. The molecule has 0 unspecified atom stereocenters. The molecule has 17 heavy (non-hydrogen) atoms. The molecule has 0 aliphatic heterocycles. The Kier molecular flexibility index (Phi) is 4.96. The first-order valence-corrected chi connectivity index (χ1v) is 5.93. The van der Waals surface area contributed by atoms with Gasteiger partial charge in [-0.25, -0.2) is 0 Å². The van der Waals surface area contributed by atoms with Crippen molar-refractivity contribution in [3.63, 3.8) is 0 Å². The Bertz CT molecular complexity index is 435. The van der Waals surface area contributed by atoms with Crippen LogP contribution >= 0.6 is 15.9 Å². The highest BCUT2D eigenvalue weighted by molar-refractivity contribution is 9.10. The maximum absolute atomic E-state index is 11.7. The summed E-state index contributed by atoms with van der Waals surface area (Å²) in [5.41, 5.74) is 6.50. The van der Waals surface area contributed by atoms with E-state index < -0.39 is 0 Å². The lowest BCUT2D eigenvalue weighted by molar-refractivity contribution is -0.120. The third-order valence-corrected chi connectivity index (χ3v) is 2.71. The Morgan fingerprint density at radius 2 is 2.06 bits per heavy atom. The quantitative estimate of drug-likeness (QED) is 0.722. The average molecular weight is 300 g/mol. The third-order valence-electron chi connectivity index (χ3n) is 2.02. The lowest BCUT2D eigenvalue weighted by Crippen LogP contribution is -2.36. The fourth-order valence-corrected chi connectivity index (χ4v) is 1.66. The van der Waals surface area contributed by atoms with Crippen LogP contribution in [0.25, 0.3) is 0 Å². The highest BCUT2D eigenvalue weighted by Gasteiger charge is 2.11. The van der Waals surface area contributed by atoms with Crippen molar-refractivity contribution in [3.05, 3.63) is 28.2 Å². The Morgan fingerprint density at radius 3 is 2.71 bits per heavy atom. The van der Waals surface area contributed by atoms with E-state index >= 15 is 0 Å². The molecule has 0 atom stereocenters. The molecule has 0 bridgehead atoms. The highest BCUT2D eigenvalue weighted by atomic mass is 79.9. The Morgan fingerprint density at radius 1 is 1.35 bits per heavy atom. The molecule has 6 heteroatoms.